The van der Waals surface area contributed by atoms with Crippen molar-refractivity contribution in [3.63, 3.8) is 0 Å². The second kappa shape index (κ2) is 8.34. The predicted molar refractivity (Wildman–Crippen MR) is 93.2 cm³/mol. The highest BCUT2D eigenvalue weighted by atomic mass is 35.5. The predicted octanol–water partition coefficient (Wildman–Crippen LogP) is 3.99. The third-order valence-electron chi connectivity index (χ3n) is 3.19. The number of nitrogens with zero attached hydrogens (tertiary/aromatic N) is 1. The highest BCUT2D eigenvalue weighted by Crippen LogP contribution is 2.15. The standard InChI is InChI=1S/C18H19ClN2O2/c1-13(2)15-5-3-14(4-6-15)11-20-21-18(22)12-23-17-9-7-16(19)8-10-17/h3-11,13H,12H2,1-2H3,(H,21,22)/b20-11-. The first-order chi connectivity index (χ1) is 11.0. The maximum Gasteiger partial charge on any atom is 0.277 e. The first kappa shape index (κ1) is 17.0. The van der Waals surface area contributed by atoms with Crippen LogP contribution in [0.25, 0.3) is 0 Å². The molecule has 2 aromatic rings. The zero-order valence-corrected chi connectivity index (χ0v) is 13.9. The van der Waals surface area contributed by atoms with E-state index < -0.39 is 0 Å². The van der Waals surface area contributed by atoms with E-state index in [0.717, 1.165) is 5.56 Å². The van der Waals surface area contributed by atoms with Crippen molar-refractivity contribution < 1.29 is 9.53 Å². The van der Waals surface area contributed by atoms with E-state index in [2.05, 4.69) is 36.5 Å². The van der Waals surface area contributed by atoms with Gasteiger partial charge in [-0.15, -0.1) is 0 Å². The minimum Gasteiger partial charge on any atom is -0.484 e. The number of halogens is 1. The van der Waals surface area contributed by atoms with Crippen LogP contribution in [0, 0.1) is 0 Å². The number of hydrogen-bond donors (Lipinski definition) is 1. The number of hydrazone groups is 1. The van der Waals surface area contributed by atoms with Crippen LogP contribution in [0.2, 0.25) is 5.02 Å². The Morgan fingerprint density at radius 2 is 1.83 bits per heavy atom. The van der Waals surface area contributed by atoms with Gasteiger partial charge in [-0.25, -0.2) is 5.43 Å². The highest BCUT2D eigenvalue weighted by molar-refractivity contribution is 6.30. The molecule has 23 heavy (non-hydrogen) atoms. The summed E-state index contributed by atoms with van der Waals surface area (Å²) in [5.74, 6) is 0.749. The van der Waals surface area contributed by atoms with Gasteiger partial charge in [-0.2, -0.15) is 5.10 Å². The number of carbonyl (C=O) groups excluding carboxylic acids is 1. The van der Waals surface area contributed by atoms with E-state index in [0.29, 0.717) is 16.7 Å². The Labute approximate surface area is 141 Å². The van der Waals surface area contributed by atoms with Crippen LogP contribution in [0.5, 0.6) is 5.75 Å². The Morgan fingerprint density at radius 3 is 2.43 bits per heavy atom. The van der Waals surface area contributed by atoms with Gasteiger partial charge in [0.25, 0.3) is 5.91 Å². The number of ether oxygens (including phenoxy) is 1. The lowest BCUT2D eigenvalue weighted by atomic mass is 10.0. The van der Waals surface area contributed by atoms with E-state index in [9.17, 15) is 4.79 Å². The summed E-state index contributed by atoms with van der Waals surface area (Å²) in [6, 6.07) is 14.9. The van der Waals surface area contributed by atoms with E-state index >= 15 is 0 Å². The van der Waals surface area contributed by atoms with Gasteiger partial charge in [0, 0.05) is 5.02 Å². The molecule has 0 heterocycles. The van der Waals surface area contributed by atoms with Gasteiger partial charge in [-0.3, -0.25) is 4.79 Å². The summed E-state index contributed by atoms with van der Waals surface area (Å²) >= 11 is 5.77. The maximum atomic E-state index is 11.6. The average Bonchev–Trinajstić information content (AvgIpc) is 2.55. The fourth-order valence-electron chi connectivity index (χ4n) is 1.86. The van der Waals surface area contributed by atoms with Crippen LogP contribution in [0.3, 0.4) is 0 Å². The third kappa shape index (κ3) is 5.75. The van der Waals surface area contributed by atoms with Gasteiger partial charge < -0.3 is 4.74 Å². The van der Waals surface area contributed by atoms with Crippen LogP contribution in [-0.2, 0) is 4.79 Å². The summed E-state index contributed by atoms with van der Waals surface area (Å²) in [5, 5.41) is 4.54. The van der Waals surface area contributed by atoms with Crippen molar-refractivity contribution in [1.29, 1.82) is 0 Å². The Balaban J connectivity index is 1.78. The molecular formula is C18H19ClN2O2. The van der Waals surface area contributed by atoms with Gasteiger partial charge in [-0.1, -0.05) is 49.7 Å². The number of carbonyl (C=O) groups is 1. The third-order valence-corrected chi connectivity index (χ3v) is 3.44. The maximum absolute atomic E-state index is 11.6. The van der Waals surface area contributed by atoms with Gasteiger partial charge in [0.1, 0.15) is 5.75 Å². The molecule has 0 spiro atoms. The first-order valence-electron chi connectivity index (χ1n) is 7.35. The minimum atomic E-state index is -0.324. The molecule has 0 aliphatic rings. The fourth-order valence-corrected chi connectivity index (χ4v) is 1.98. The normalized spacial score (nSPS) is 11.0. The van der Waals surface area contributed by atoms with Crippen molar-refractivity contribution in [2.45, 2.75) is 19.8 Å². The monoisotopic (exact) mass is 330 g/mol. The zero-order chi connectivity index (χ0) is 16.7. The second-order valence-electron chi connectivity index (χ2n) is 5.36. The molecule has 1 N–H and O–H groups in total. The molecule has 0 aromatic heterocycles. The van der Waals surface area contributed by atoms with Gasteiger partial charge in [0.05, 0.1) is 6.21 Å². The molecule has 1 amide bonds. The van der Waals surface area contributed by atoms with E-state index in [1.807, 2.05) is 12.1 Å². The zero-order valence-electron chi connectivity index (χ0n) is 13.1. The van der Waals surface area contributed by atoms with Crippen molar-refractivity contribution in [2.75, 3.05) is 6.61 Å². The Kier molecular flexibility index (Phi) is 6.18. The molecule has 4 nitrogen and oxygen atoms in total. The molecule has 0 aliphatic heterocycles. The lowest BCUT2D eigenvalue weighted by Gasteiger charge is -2.05. The number of rotatable bonds is 6. The van der Waals surface area contributed by atoms with Crippen molar-refractivity contribution in [3.05, 3.63) is 64.7 Å². The van der Waals surface area contributed by atoms with Gasteiger partial charge >= 0.3 is 0 Å². The van der Waals surface area contributed by atoms with Crippen LogP contribution >= 0.6 is 11.6 Å². The molecule has 0 saturated heterocycles. The number of benzene rings is 2. The molecule has 2 aromatic carbocycles. The van der Waals surface area contributed by atoms with E-state index in [1.54, 1.807) is 30.5 Å². The SMILES string of the molecule is CC(C)c1ccc(/C=N\NC(=O)COc2ccc(Cl)cc2)cc1. The van der Waals surface area contributed by atoms with Crippen molar-refractivity contribution in [1.82, 2.24) is 5.43 Å². The molecule has 0 saturated carbocycles. The molecule has 0 unspecified atom stereocenters. The quantitative estimate of drug-likeness (QED) is 0.643. The van der Waals surface area contributed by atoms with Gasteiger partial charge in [0.2, 0.25) is 0 Å². The summed E-state index contributed by atoms with van der Waals surface area (Å²) in [5.41, 5.74) is 4.62. The van der Waals surface area contributed by atoms with Crippen LogP contribution in [0.15, 0.2) is 53.6 Å². The van der Waals surface area contributed by atoms with Crippen molar-refractivity contribution >= 4 is 23.7 Å². The highest BCUT2D eigenvalue weighted by Gasteiger charge is 2.01. The van der Waals surface area contributed by atoms with Crippen molar-refractivity contribution in [2.24, 2.45) is 5.10 Å². The average molecular weight is 331 g/mol. The Bertz CT molecular complexity index is 664. The molecule has 2 rings (SSSR count). The lowest BCUT2D eigenvalue weighted by Crippen LogP contribution is -2.24. The molecule has 0 atom stereocenters. The van der Waals surface area contributed by atoms with Crippen molar-refractivity contribution in [3.8, 4) is 5.75 Å². The summed E-state index contributed by atoms with van der Waals surface area (Å²) in [6.45, 7) is 4.18. The molecule has 0 radical (unpaired) electrons. The van der Waals surface area contributed by atoms with Gasteiger partial charge in [-0.05, 0) is 41.3 Å². The Morgan fingerprint density at radius 1 is 1.17 bits per heavy atom. The number of hydrogen-bond acceptors (Lipinski definition) is 3. The summed E-state index contributed by atoms with van der Waals surface area (Å²) < 4.78 is 5.32. The first-order valence-corrected chi connectivity index (χ1v) is 7.72. The van der Waals surface area contributed by atoms with Crippen LogP contribution in [0.1, 0.15) is 30.9 Å². The largest absolute Gasteiger partial charge is 0.484 e. The molecule has 0 bridgehead atoms. The van der Waals surface area contributed by atoms with Crippen LogP contribution in [-0.4, -0.2) is 18.7 Å². The van der Waals surface area contributed by atoms with E-state index in [-0.39, 0.29) is 12.5 Å². The smallest absolute Gasteiger partial charge is 0.277 e. The minimum absolute atomic E-state index is 0.106. The Hall–Kier alpha value is -2.33. The van der Waals surface area contributed by atoms with E-state index in [4.69, 9.17) is 16.3 Å². The molecule has 120 valence electrons. The lowest BCUT2D eigenvalue weighted by molar-refractivity contribution is -0.123. The fraction of sp³-hybridized carbons (Fsp3) is 0.222. The number of amides is 1. The van der Waals surface area contributed by atoms with E-state index in [1.165, 1.54) is 5.56 Å². The summed E-state index contributed by atoms with van der Waals surface area (Å²) in [4.78, 5) is 11.6. The molecule has 0 aliphatic carbocycles. The second-order valence-corrected chi connectivity index (χ2v) is 5.79. The molecule has 0 fully saturated rings. The van der Waals surface area contributed by atoms with Gasteiger partial charge in [0.15, 0.2) is 6.61 Å². The number of nitrogens with one attached hydrogen (secondary N) is 1. The molecule has 5 heteroatoms. The summed E-state index contributed by atoms with van der Waals surface area (Å²) in [7, 11) is 0. The van der Waals surface area contributed by atoms with Crippen LogP contribution < -0.4 is 10.2 Å². The molecular weight excluding hydrogens is 312 g/mol. The topological polar surface area (TPSA) is 50.7 Å². The van der Waals surface area contributed by atoms with Crippen LogP contribution in [0.4, 0.5) is 0 Å². The summed E-state index contributed by atoms with van der Waals surface area (Å²) in [6.07, 6.45) is 1.60.